The lowest BCUT2D eigenvalue weighted by molar-refractivity contribution is 0.294. The van der Waals surface area contributed by atoms with Gasteiger partial charge in [0.1, 0.15) is 11.5 Å². The number of aliphatic hydroxyl groups is 1. The quantitative estimate of drug-likeness (QED) is 0.859. The monoisotopic (exact) mass is 234 g/mol. The van der Waals surface area contributed by atoms with Gasteiger partial charge in [0.2, 0.25) is 0 Å². The summed E-state index contributed by atoms with van der Waals surface area (Å²) in [7, 11) is 0. The van der Waals surface area contributed by atoms with Gasteiger partial charge in [-0.3, -0.25) is 0 Å². The summed E-state index contributed by atoms with van der Waals surface area (Å²) in [5, 5.41) is 9.49. The van der Waals surface area contributed by atoms with E-state index in [0.717, 1.165) is 23.5 Å². The van der Waals surface area contributed by atoms with Gasteiger partial charge in [0.05, 0.1) is 6.61 Å². The minimum Gasteiger partial charge on any atom is -0.462 e. The molecule has 17 heavy (non-hydrogen) atoms. The molecule has 0 saturated heterocycles. The number of furan rings is 1. The van der Waals surface area contributed by atoms with Gasteiger partial charge in [0.25, 0.3) is 0 Å². The summed E-state index contributed by atoms with van der Waals surface area (Å²) in [4.78, 5) is 0. The number of hydrogen-bond acceptors (Lipinski definition) is 2. The van der Waals surface area contributed by atoms with Crippen LogP contribution in [-0.2, 0) is 6.42 Å². The summed E-state index contributed by atoms with van der Waals surface area (Å²) in [6.07, 6.45) is 9.32. The SMILES string of the molecule is CCc1ccc(C=C(CO)C2CCCCC2)o1. The Kier molecular flexibility index (Phi) is 4.43. The van der Waals surface area contributed by atoms with Gasteiger partial charge in [-0.1, -0.05) is 26.2 Å². The third-order valence-corrected chi connectivity index (χ3v) is 3.67. The van der Waals surface area contributed by atoms with Gasteiger partial charge in [-0.2, -0.15) is 0 Å². The molecule has 0 radical (unpaired) electrons. The Bertz CT molecular complexity index is 370. The normalized spacial score (nSPS) is 18.6. The lowest BCUT2D eigenvalue weighted by Gasteiger charge is -2.23. The molecular formula is C15H22O2. The van der Waals surface area contributed by atoms with Crippen LogP contribution in [0.2, 0.25) is 0 Å². The molecule has 0 bridgehead atoms. The van der Waals surface area contributed by atoms with E-state index in [4.69, 9.17) is 4.42 Å². The molecule has 0 aliphatic heterocycles. The summed E-state index contributed by atoms with van der Waals surface area (Å²) in [5.74, 6) is 2.46. The van der Waals surface area contributed by atoms with E-state index in [1.165, 1.54) is 32.1 Å². The number of aryl methyl sites for hydroxylation is 1. The molecule has 0 aromatic carbocycles. The van der Waals surface area contributed by atoms with Crippen LogP contribution in [0.3, 0.4) is 0 Å². The van der Waals surface area contributed by atoms with Crippen molar-refractivity contribution in [3.8, 4) is 0 Å². The maximum atomic E-state index is 9.49. The summed E-state index contributed by atoms with van der Waals surface area (Å²) in [5.41, 5.74) is 1.14. The largest absolute Gasteiger partial charge is 0.462 e. The molecule has 2 heteroatoms. The Labute approximate surface area is 103 Å². The molecule has 0 atom stereocenters. The molecule has 1 aromatic heterocycles. The third kappa shape index (κ3) is 3.22. The van der Waals surface area contributed by atoms with Crippen molar-refractivity contribution < 1.29 is 9.52 Å². The highest BCUT2D eigenvalue weighted by Gasteiger charge is 2.17. The second-order valence-electron chi connectivity index (χ2n) is 4.87. The van der Waals surface area contributed by atoms with Crippen LogP contribution in [-0.4, -0.2) is 11.7 Å². The molecule has 0 unspecified atom stereocenters. The molecule has 2 nitrogen and oxygen atoms in total. The van der Waals surface area contributed by atoms with Gasteiger partial charge in [-0.25, -0.2) is 0 Å². The number of rotatable bonds is 4. The van der Waals surface area contributed by atoms with Crippen LogP contribution in [0.1, 0.15) is 50.5 Å². The summed E-state index contributed by atoms with van der Waals surface area (Å²) >= 11 is 0. The van der Waals surface area contributed by atoms with Crippen LogP contribution in [0.5, 0.6) is 0 Å². The van der Waals surface area contributed by atoms with Crippen LogP contribution < -0.4 is 0 Å². The first-order valence-electron chi connectivity index (χ1n) is 6.73. The highest BCUT2D eigenvalue weighted by Crippen LogP contribution is 2.30. The number of aliphatic hydroxyl groups excluding tert-OH is 1. The zero-order valence-electron chi connectivity index (χ0n) is 10.6. The highest BCUT2D eigenvalue weighted by molar-refractivity contribution is 5.48. The van der Waals surface area contributed by atoms with Crippen LogP contribution in [0.4, 0.5) is 0 Å². The second kappa shape index (κ2) is 6.06. The maximum absolute atomic E-state index is 9.49. The topological polar surface area (TPSA) is 33.4 Å². The molecular weight excluding hydrogens is 212 g/mol. The van der Waals surface area contributed by atoms with E-state index in [9.17, 15) is 5.11 Å². The molecule has 1 aromatic rings. The van der Waals surface area contributed by atoms with Crippen molar-refractivity contribution in [1.29, 1.82) is 0 Å². The van der Waals surface area contributed by atoms with Crippen LogP contribution in [0.15, 0.2) is 22.1 Å². The van der Waals surface area contributed by atoms with Crippen molar-refractivity contribution in [3.05, 3.63) is 29.2 Å². The average molecular weight is 234 g/mol. The Balaban J connectivity index is 2.10. The highest BCUT2D eigenvalue weighted by atomic mass is 16.3. The van der Waals surface area contributed by atoms with E-state index >= 15 is 0 Å². The Morgan fingerprint density at radius 1 is 1.35 bits per heavy atom. The molecule has 94 valence electrons. The zero-order valence-corrected chi connectivity index (χ0v) is 10.6. The first kappa shape index (κ1) is 12.4. The molecule has 2 rings (SSSR count). The Hall–Kier alpha value is -1.02. The molecule has 1 aliphatic rings. The first-order valence-corrected chi connectivity index (χ1v) is 6.73. The van der Waals surface area contributed by atoms with Crippen molar-refractivity contribution in [2.75, 3.05) is 6.61 Å². The fourth-order valence-corrected chi connectivity index (χ4v) is 2.61. The first-order chi connectivity index (χ1) is 8.33. The Morgan fingerprint density at radius 3 is 2.71 bits per heavy atom. The molecule has 0 amide bonds. The molecule has 0 spiro atoms. The minimum atomic E-state index is 0.160. The van der Waals surface area contributed by atoms with E-state index in [2.05, 4.69) is 6.92 Å². The van der Waals surface area contributed by atoms with E-state index in [0.29, 0.717) is 5.92 Å². The average Bonchev–Trinajstić information content (AvgIpc) is 2.84. The van der Waals surface area contributed by atoms with Gasteiger partial charge < -0.3 is 9.52 Å². The van der Waals surface area contributed by atoms with Gasteiger partial charge >= 0.3 is 0 Å². The lowest BCUT2D eigenvalue weighted by atomic mass is 9.83. The fourth-order valence-electron chi connectivity index (χ4n) is 2.61. The summed E-state index contributed by atoms with van der Waals surface area (Å²) in [6, 6.07) is 4.01. The third-order valence-electron chi connectivity index (χ3n) is 3.67. The maximum Gasteiger partial charge on any atom is 0.127 e. The standard InChI is InChI=1S/C15H22O2/c1-2-14-8-9-15(17-14)10-13(11-16)12-6-4-3-5-7-12/h8-10,12,16H,2-7,11H2,1H3. The van der Waals surface area contributed by atoms with Crippen molar-refractivity contribution in [2.24, 2.45) is 5.92 Å². The van der Waals surface area contributed by atoms with Crippen LogP contribution in [0, 0.1) is 5.92 Å². The predicted octanol–water partition coefficient (Wildman–Crippen LogP) is 3.80. The summed E-state index contributed by atoms with van der Waals surface area (Å²) < 4.78 is 5.67. The Morgan fingerprint density at radius 2 is 2.12 bits per heavy atom. The van der Waals surface area contributed by atoms with Crippen molar-refractivity contribution in [3.63, 3.8) is 0 Å². The van der Waals surface area contributed by atoms with E-state index in [1.54, 1.807) is 0 Å². The second-order valence-corrected chi connectivity index (χ2v) is 4.87. The van der Waals surface area contributed by atoms with Crippen LogP contribution >= 0.6 is 0 Å². The van der Waals surface area contributed by atoms with E-state index < -0.39 is 0 Å². The smallest absolute Gasteiger partial charge is 0.127 e. The molecule has 1 aliphatic carbocycles. The molecule has 1 N–H and O–H groups in total. The van der Waals surface area contributed by atoms with Crippen molar-refractivity contribution in [1.82, 2.24) is 0 Å². The van der Waals surface area contributed by atoms with Crippen LogP contribution in [0.25, 0.3) is 6.08 Å². The van der Waals surface area contributed by atoms with Crippen molar-refractivity contribution >= 4 is 6.08 Å². The minimum absolute atomic E-state index is 0.160. The van der Waals surface area contributed by atoms with E-state index in [1.807, 2.05) is 18.2 Å². The lowest BCUT2D eigenvalue weighted by Crippen LogP contribution is -2.11. The fraction of sp³-hybridized carbons (Fsp3) is 0.600. The summed E-state index contributed by atoms with van der Waals surface area (Å²) in [6.45, 7) is 2.24. The number of hydrogen-bond donors (Lipinski definition) is 1. The van der Waals surface area contributed by atoms with Gasteiger partial charge in [-0.05, 0) is 42.5 Å². The van der Waals surface area contributed by atoms with Crippen molar-refractivity contribution in [2.45, 2.75) is 45.4 Å². The van der Waals surface area contributed by atoms with Gasteiger partial charge in [-0.15, -0.1) is 0 Å². The van der Waals surface area contributed by atoms with E-state index in [-0.39, 0.29) is 6.61 Å². The van der Waals surface area contributed by atoms with Gasteiger partial charge in [0.15, 0.2) is 0 Å². The molecule has 1 saturated carbocycles. The zero-order chi connectivity index (χ0) is 12.1. The van der Waals surface area contributed by atoms with Gasteiger partial charge in [0, 0.05) is 6.42 Å². The molecule has 1 heterocycles. The molecule has 1 fully saturated rings. The predicted molar refractivity (Wildman–Crippen MR) is 69.7 cm³/mol.